The average molecular weight is 372 g/mol. The third-order valence-corrected chi connectivity index (χ3v) is 6.67. The maximum Gasteiger partial charge on any atom is 0.220 e. The fourth-order valence-corrected chi connectivity index (χ4v) is 5.15. The lowest BCUT2D eigenvalue weighted by atomic mass is 9.89. The fourth-order valence-electron chi connectivity index (χ4n) is 5.15. The predicted molar refractivity (Wildman–Crippen MR) is 122 cm³/mol. The minimum absolute atomic E-state index is 1.28. The number of aryl methyl sites for hydroxylation is 1. The van der Waals surface area contributed by atoms with Crippen LogP contribution in [-0.2, 0) is 7.05 Å². The molecule has 5 aromatic rings. The molecule has 6 rings (SSSR count). The van der Waals surface area contributed by atoms with Crippen LogP contribution in [0, 0.1) is 13.8 Å². The van der Waals surface area contributed by atoms with E-state index in [0.29, 0.717) is 0 Å². The van der Waals surface area contributed by atoms with E-state index in [9.17, 15) is 0 Å². The lowest BCUT2D eigenvalue weighted by molar-refractivity contribution is -0.659. The zero-order valence-electron chi connectivity index (χ0n) is 17.0. The lowest BCUT2D eigenvalue weighted by Crippen LogP contribution is -2.30. The summed E-state index contributed by atoms with van der Waals surface area (Å²) in [6, 6.07) is 26.7. The molecule has 0 spiro atoms. The van der Waals surface area contributed by atoms with Crippen LogP contribution < -0.4 is 4.57 Å². The summed E-state index contributed by atoms with van der Waals surface area (Å²) in [6.07, 6.45) is 2.18. The standard InChI is InChI=1S/C28H22N/c1-17-18(2)26-23-13-7-10-20-9-6-12-22(27(20)23)25(26)16-24(17)28-21-11-5-4-8-19(21)14-15-29(28)3/h4-16H,1-3H3/q+1. The van der Waals surface area contributed by atoms with Gasteiger partial charge < -0.3 is 0 Å². The van der Waals surface area contributed by atoms with E-state index in [1.807, 2.05) is 0 Å². The summed E-state index contributed by atoms with van der Waals surface area (Å²) in [7, 11) is 2.15. The Balaban J connectivity index is 1.75. The van der Waals surface area contributed by atoms with Gasteiger partial charge in [-0.15, -0.1) is 0 Å². The van der Waals surface area contributed by atoms with Gasteiger partial charge in [0.1, 0.15) is 7.05 Å². The van der Waals surface area contributed by atoms with Gasteiger partial charge in [0, 0.05) is 6.07 Å². The number of nitrogens with zero attached hydrogens (tertiary/aromatic N) is 1. The summed E-state index contributed by atoms with van der Waals surface area (Å²) in [4.78, 5) is 0. The van der Waals surface area contributed by atoms with Crippen molar-refractivity contribution >= 4 is 21.5 Å². The van der Waals surface area contributed by atoms with Crippen molar-refractivity contribution in [3.63, 3.8) is 0 Å². The minimum atomic E-state index is 1.28. The molecule has 0 radical (unpaired) electrons. The molecular weight excluding hydrogens is 350 g/mol. The highest BCUT2D eigenvalue weighted by atomic mass is 14.9. The van der Waals surface area contributed by atoms with Crippen LogP contribution in [0.15, 0.2) is 79.0 Å². The van der Waals surface area contributed by atoms with E-state index < -0.39 is 0 Å². The quantitative estimate of drug-likeness (QED) is 0.281. The second-order valence-electron chi connectivity index (χ2n) is 8.17. The van der Waals surface area contributed by atoms with E-state index in [2.05, 4.69) is 104 Å². The minimum Gasteiger partial charge on any atom is -0.200 e. The maximum atomic E-state index is 2.42. The van der Waals surface area contributed by atoms with Crippen molar-refractivity contribution in [3.05, 3.63) is 90.1 Å². The number of pyridine rings is 1. The number of rotatable bonds is 1. The molecule has 138 valence electrons. The van der Waals surface area contributed by atoms with E-state index in [4.69, 9.17) is 0 Å². The van der Waals surface area contributed by atoms with Crippen molar-refractivity contribution in [3.8, 4) is 33.5 Å². The second-order valence-corrected chi connectivity index (χ2v) is 8.17. The van der Waals surface area contributed by atoms with E-state index in [1.54, 1.807) is 0 Å². The van der Waals surface area contributed by atoms with Gasteiger partial charge in [-0.3, -0.25) is 0 Å². The first kappa shape index (κ1) is 16.5. The Hall–Kier alpha value is -3.45. The van der Waals surface area contributed by atoms with Crippen LogP contribution in [0.2, 0.25) is 0 Å². The van der Waals surface area contributed by atoms with Gasteiger partial charge in [-0.05, 0) is 75.5 Å². The van der Waals surface area contributed by atoms with Gasteiger partial charge in [0.15, 0.2) is 6.20 Å². The van der Waals surface area contributed by atoms with Crippen molar-refractivity contribution in [2.45, 2.75) is 13.8 Å². The van der Waals surface area contributed by atoms with Crippen LogP contribution in [0.5, 0.6) is 0 Å². The van der Waals surface area contributed by atoms with Gasteiger partial charge >= 0.3 is 0 Å². The van der Waals surface area contributed by atoms with Crippen LogP contribution >= 0.6 is 0 Å². The highest BCUT2D eigenvalue weighted by molar-refractivity contribution is 6.16. The third-order valence-electron chi connectivity index (χ3n) is 6.67. The van der Waals surface area contributed by atoms with Gasteiger partial charge in [0.05, 0.1) is 10.9 Å². The molecule has 0 N–H and O–H groups in total. The molecule has 0 aliphatic heterocycles. The highest BCUT2D eigenvalue weighted by Gasteiger charge is 2.27. The molecule has 1 heterocycles. The van der Waals surface area contributed by atoms with Gasteiger partial charge in [-0.2, -0.15) is 0 Å². The summed E-state index contributed by atoms with van der Waals surface area (Å²) >= 11 is 0. The molecule has 4 aromatic carbocycles. The molecule has 0 saturated heterocycles. The van der Waals surface area contributed by atoms with Crippen LogP contribution in [-0.4, -0.2) is 0 Å². The van der Waals surface area contributed by atoms with Crippen LogP contribution in [0.25, 0.3) is 55.1 Å². The maximum absolute atomic E-state index is 2.42. The van der Waals surface area contributed by atoms with Gasteiger partial charge in [-0.25, -0.2) is 4.57 Å². The molecule has 1 aliphatic carbocycles. The zero-order valence-corrected chi connectivity index (χ0v) is 17.0. The zero-order chi connectivity index (χ0) is 19.7. The molecule has 29 heavy (non-hydrogen) atoms. The Labute approximate surface area is 170 Å². The first-order valence-corrected chi connectivity index (χ1v) is 10.2. The highest BCUT2D eigenvalue weighted by Crippen LogP contribution is 2.51. The molecule has 0 fully saturated rings. The predicted octanol–water partition coefficient (Wildman–Crippen LogP) is 6.75. The molecular formula is C28H22N+. The van der Waals surface area contributed by atoms with E-state index in [-0.39, 0.29) is 0 Å². The number of aromatic nitrogens is 1. The molecule has 0 unspecified atom stereocenters. The van der Waals surface area contributed by atoms with E-state index in [1.165, 1.54) is 66.2 Å². The largest absolute Gasteiger partial charge is 0.220 e. The summed E-state index contributed by atoms with van der Waals surface area (Å²) in [5, 5.41) is 5.30. The normalized spacial score (nSPS) is 12.0. The van der Waals surface area contributed by atoms with Crippen LogP contribution in [0.3, 0.4) is 0 Å². The molecule has 0 amide bonds. The summed E-state index contributed by atoms with van der Waals surface area (Å²) < 4.78 is 2.26. The van der Waals surface area contributed by atoms with Gasteiger partial charge in [0.25, 0.3) is 0 Å². The Morgan fingerprint density at radius 1 is 0.621 bits per heavy atom. The molecule has 0 atom stereocenters. The second kappa shape index (κ2) is 5.78. The molecule has 1 aliphatic rings. The summed E-state index contributed by atoms with van der Waals surface area (Å²) in [6.45, 7) is 4.56. The number of benzene rings is 4. The Morgan fingerprint density at radius 2 is 1.34 bits per heavy atom. The topological polar surface area (TPSA) is 3.88 Å². The van der Waals surface area contributed by atoms with Crippen molar-refractivity contribution in [2.24, 2.45) is 7.05 Å². The Morgan fingerprint density at radius 3 is 2.17 bits per heavy atom. The molecule has 1 nitrogen and oxygen atoms in total. The first-order chi connectivity index (χ1) is 14.1. The van der Waals surface area contributed by atoms with Crippen LogP contribution in [0.4, 0.5) is 0 Å². The van der Waals surface area contributed by atoms with Crippen molar-refractivity contribution < 1.29 is 4.57 Å². The van der Waals surface area contributed by atoms with Crippen LogP contribution in [0.1, 0.15) is 11.1 Å². The van der Waals surface area contributed by atoms with Gasteiger partial charge in [-0.1, -0.05) is 54.6 Å². The monoisotopic (exact) mass is 372 g/mol. The SMILES string of the molecule is Cc1c(-c2c3ccccc3cc[n+]2C)cc2c(c1C)-c1cccc3cccc-2c13. The smallest absolute Gasteiger partial charge is 0.200 e. The average Bonchev–Trinajstić information content (AvgIpc) is 3.07. The Bertz CT molecular complexity index is 1470. The van der Waals surface area contributed by atoms with Crippen molar-refractivity contribution in [1.82, 2.24) is 0 Å². The van der Waals surface area contributed by atoms with Crippen molar-refractivity contribution in [2.75, 3.05) is 0 Å². The van der Waals surface area contributed by atoms with E-state index in [0.717, 1.165) is 0 Å². The number of fused-ring (bicyclic) bond motifs is 4. The van der Waals surface area contributed by atoms with Gasteiger partial charge in [0.2, 0.25) is 5.69 Å². The Kier molecular flexibility index (Phi) is 3.29. The molecule has 0 bridgehead atoms. The number of hydrogen-bond donors (Lipinski definition) is 0. The lowest BCUT2D eigenvalue weighted by Gasteiger charge is -2.15. The summed E-state index contributed by atoms with van der Waals surface area (Å²) in [5.41, 5.74) is 10.9. The first-order valence-electron chi connectivity index (χ1n) is 10.2. The molecule has 0 saturated carbocycles. The third kappa shape index (κ3) is 2.13. The van der Waals surface area contributed by atoms with Crippen molar-refractivity contribution in [1.29, 1.82) is 0 Å². The summed E-state index contributed by atoms with van der Waals surface area (Å²) in [5.74, 6) is 0. The number of hydrogen-bond acceptors (Lipinski definition) is 0. The molecule has 1 heteroatoms. The van der Waals surface area contributed by atoms with E-state index >= 15 is 0 Å². The molecule has 1 aromatic heterocycles. The fraction of sp³-hybridized carbons (Fsp3) is 0.107.